The topological polar surface area (TPSA) is 106 Å². The number of ether oxygens (including phenoxy) is 3. The molecule has 1 aromatic heterocycles. The lowest BCUT2D eigenvalue weighted by molar-refractivity contribution is -0.118. The van der Waals surface area contributed by atoms with E-state index >= 15 is 0 Å². The van der Waals surface area contributed by atoms with Crippen molar-refractivity contribution in [3.8, 4) is 17.6 Å². The zero-order chi connectivity index (χ0) is 24.2. The van der Waals surface area contributed by atoms with Crippen molar-refractivity contribution >= 4 is 39.8 Å². The Balaban J connectivity index is 2.04. The summed E-state index contributed by atoms with van der Waals surface area (Å²) in [5.74, 6) is 0.990. The highest BCUT2D eigenvalue weighted by molar-refractivity contribution is 9.10. The highest BCUT2D eigenvalue weighted by Gasteiger charge is 2.14. The molecule has 1 heterocycles. The summed E-state index contributed by atoms with van der Waals surface area (Å²) in [6, 6.07) is 7.60. The second-order valence-electron chi connectivity index (χ2n) is 6.84. The molecule has 1 N–H and O–H groups in total. The van der Waals surface area contributed by atoms with Crippen molar-refractivity contribution < 1.29 is 19.0 Å². The minimum absolute atomic E-state index is 0.0621. The monoisotopic (exact) mass is 534 g/mol. The molecule has 8 nitrogen and oxygen atoms in total. The molecule has 0 spiro atoms. The molecule has 0 radical (unpaired) electrons. The van der Waals surface area contributed by atoms with Gasteiger partial charge in [-0.25, -0.2) is 10.4 Å². The Morgan fingerprint density at radius 2 is 2.12 bits per heavy atom. The Morgan fingerprint density at radius 3 is 2.79 bits per heavy atom. The fourth-order valence-corrected chi connectivity index (χ4v) is 4.25. The maximum Gasteiger partial charge on any atom is 0.250 e. The molecule has 2 rings (SSSR count). The summed E-state index contributed by atoms with van der Waals surface area (Å²) in [4.78, 5) is 16.7. The number of pyridine rings is 1. The van der Waals surface area contributed by atoms with Crippen LogP contribution in [0.15, 0.2) is 32.8 Å². The Morgan fingerprint density at radius 1 is 1.33 bits per heavy atom. The van der Waals surface area contributed by atoms with E-state index in [1.54, 1.807) is 13.2 Å². The number of benzene rings is 1. The van der Waals surface area contributed by atoms with Crippen LogP contribution in [0, 0.1) is 18.3 Å². The van der Waals surface area contributed by atoms with Crippen molar-refractivity contribution in [1.29, 1.82) is 5.26 Å². The zero-order valence-electron chi connectivity index (χ0n) is 19.1. The van der Waals surface area contributed by atoms with E-state index in [9.17, 15) is 10.1 Å². The molecule has 0 saturated heterocycles. The van der Waals surface area contributed by atoms with Crippen LogP contribution in [0.4, 0.5) is 0 Å². The van der Waals surface area contributed by atoms with Gasteiger partial charge in [0.05, 0.1) is 41.8 Å². The quantitative estimate of drug-likeness (QED) is 0.241. The second kappa shape index (κ2) is 13.8. The zero-order valence-corrected chi connectivity index (χ0v) is 21.5. The van der Waals surface area contributed by atoms with E-state index in [-0.39, 0.29) is 11.7 Å². The number of aromatic nitrogens is 1. The molecular weight excluding hydrogens is 508 g/mol. The van der Waals surface area contributed by atoms with Crippen molar-refractivity contribution in [2.45, 2.75) is 38.8 Å². The van der Waals surface area contributed by atoms with E-state index in [1.165, 1.54) is 18.0 Å². The van der Waals surface area contributed by atoms with Gasteiger partial charge in [-0.1, -0.05) is 18.7 Å². The lowest BCUT2D eigenvalue weighted by atomic mass is 10.1. The number of hydrazone groups is 1. The van der Waals surface area contributed by atoms with Gasteiger partial charge < -0.3 is 14.2 Å². The average Bonchev–Trinajstić information content (AvgIpc) is 2.77. The van der Waals surface area contributed by atoms with Crippen LogP contribution >= 0.6 is 27.7 Å². The van der Waals surface area contributed by atoms with E-state index in [0.29, 0.717) is 41.9 Å². The number of carbonyl (C=O) groups is 1. The molecule has 0 aliphatic rings. The number of carbonyl (C=O) groups excluding carboxylic acids is 1. The first-order chi connectivity index (χ1) is 15.9. The molecule has 0 saturated carbocycles. The van der Waals surface area contributed by atoms with Gasteiger partial charge in [0.1, 0.15) is 11.1 Å². The van der Waals surface area contributed by atoms with Gasteiger partial charge in [-0.05, 0) is 65.5 Å². The molecule has 1 aromatic carbocycles. The first-order valence-corrected chi connectivity index (χ1v) is 12.1. The fourth-order valence-electron chi connectivity index (χ4n) is 2.82. The van der Waals surface area contributed by atoms with Crippen LogP contribution in [0.5, 0.6) is 11.5 Å². The van der Waals surface area contributed by atoms with Crippen molar-refractivity contribution in [1.82, 2.24) is 10.4 Å². The number of halogens is 1. The molecule has 0 fully saturated rings. The minimum atomic E-state index is -0.316. The number of aryl methyl sites for hydroxylation is 1. The third kappa shape index (κ3) is 8.03. The molecule has 176 valence electrons. The van der Waals surface area contributed by atoms with Gasteiger partial charge in [0.2, 0.25) is 5.91 Å². The molecule has 0 bridgehead atoms. The molecule has 2 aromatic rings. The van der Waals surface area contributed by atoms with Crippen molar-refractivity contribution in [2.24, 2.45) is 5.10 Å². The van der Waals surface area contributed by atoms with Gasteiger partial charge in [0.25, 0.3) is 0 Å². The standard InChI is InChI=1S/C23H27BrN4O4S/c1-5-7-32-22-19(24)9-16(10-20(22)31-6-2)12-26-28-21(29)14-33-23-18(11-25)17(13-30-4)8-15(3)27-23/h8-10,12H,5-7,13-14H2,1-4H3,(H,28,29)/b26-12+. The highest BCUT2D eigenvalue weighted by Crippen LogP contribution is 2.36. The molecule has 0 aliphatic heterocycles. The van der Waals surface area contributed by atoms with Gasteiger partial charge in [0.15, 0.2) is 11.5 Å². The van der Waals surface area contributed by atoms with Gasteiger partial charge in [-0.3, -0.25) is 4.79 Å². The van der Waals surface area contributed by atoms with E-state index in [0.717, 1.165) is 27.7 Å². The number of thioether (sulfide) groups is 1. The molecule has 10 heteroatoms. The predicted octanol–water partition coefficient (Wildman–Crippen LogP) is 4.60. The number of hydrogen-bond donors (Lipinski definition) is 1. The maximum atomic E-state index is 12.3. The van der Waals surface area contributed by atoms with Gasteiger partial charge >= 0.3 is 0 Å². The normalized spacial score (nSPS) is 10.8. The number of hydrogen-bond acceptors (Lipinski definition) is 8. The van der Waals surface area contributed by atoms with Crippen LogP contribution in [0.25, 0.3) is 0 Å². The third-order valence-electron chi connectivity index (χ3n) is 4.13. The number of nitrogens with one attached hydrogen (secondary N) is 1. The van der Waals surface area contributed by atoms with Crippen molar-refractivity contribution in [3.63, 3.8) is 0 Å². The average molecular weight is 535 g/mol. The number of amides is 1. The molecular formula is C23H27BrN4O4S. The summed E-state index contributed by atoms with van der Waals surface area (Å²) in [7, 11) is 1.57. The lowest BCUT2D eigenvalue weighted by Crippen LogP contribution is -2.20. The molecule has 1 amide bonds. The second-order valence-corrected chi connectivity index (χ2v) is 8.66. The number of rotatable bonds is 12. The Kier molecular flexibility index (Phi) is 11.2. The van der Waals surface area contributed by atoms with Crippen LogP contribution in [-0.4, -0.2) is 43.2 Å². The largest absolute Gasteiger partial charge is 0.490 e. The highest BCUT2D eigenvalue weighted by atomic mass is 79.9. The summed E-state index contributed by atoms with van der Waals surface area (Å²) in [6.07, 6.45) is 2.41. The summed E-state index contributed by atoms with van der Waals surface area (Å²) in [6.45, 7) is 7.14. The molecule has 33 heavy (non-hydrogen) atoms. The Hall–Kier alpha value is -2.61. The van der Waals surface area contributed by atoms with E-state index < -0.39 is 0 Å². The van der Waals surface area contributed by atoms with Crippen LogP contribution in [-0.2, 0) is 16.1 Å². The summed E-state index contributed by atoms with van der Waals surface area (Å²) < 4.78 is 17.3. The van der Waals surface area contributed by atoms with E-state index in [4.69, 9.17) is 14.2 Å². The first-order valence-electron chi connectivity index (χ1n) is 10.4. The Bertz CT molecular complexity index is 1040. The van der Waals surface area contributed by atoms with Crippen molar-refractivity contribution in [3.05, 3.63) is 45.1 Å². The maximum absolute atomic E-state index is 12.3. The SMILES string of the molecule is CCCOc1c(Br)cc(/C=N/NC(=O)CSc2nc(C)cc(COC)c2C#N)cc1OCC. The number of methoxy groups -OCH3 is 1. The lowest BCUT2D eigenvalue weighted by Gasteiger charge is -2.14. The molecule has 0 aliphatic carbocycles. The van der Waals surface area contributed by atoms with Gasteiger partial charge in [-0.2, -0.15) is 10.4 Å². The fraction of sp³-hybridized carbons (Fsp3) is 0.391. The summed E-state index contributed by atoms with van der Waals surface area (Å²) in [5, 5.41) is 14.0. The summed E-state index contributed by atoms with van der Waals surface area (Å²) >= 11 is 4.69. The van der Waals surface area contributed by atoms with Gasteiger partial charge in [0, 0.05) is 12.8 Å². The predicted molar refractivity (Wildman–Crippen MR) is 132 cm³/mol. The van der Waals surface area contributed by atoms with Crippen LogP contribution in [0.3, 0.4) is 0 Å². The third-order valence-corrected chi connectivity index (χ3v) is 5.70. The molecule has 0 atom stereocenters. The first kappa shape index (κ1) is 26.6. The van der Waals surface area contributed by atoms with Crippen LogP contribution in [0.1, 0.15) is 42.7 Å². The summed E-state index contributed by atoms with van der Waals surface area (Å²) in [5.41, 5.74) is 5.15. The van der Waals surface area contributed by atoms with Gasteiger partial charge in [-0.15, -0.1) is 0 Å². The van der Waals surface area contributed by atoms with E-state index in [1.807, 2.05) is 32.9 Å². The van der Waals surface area contributed by atoms with Crippen LogP contribution in [0.2, 0.25) is 0 Å². The number of nitrogens with zero attached hydrogens (tertiary/aromatic N) is 3. The van der Waals surface area contributed by atoms with Crippen LogP contribution < -0.4 is 14.9 Å². The number of nitriles is 1. The minimum Gasteiger partial charge on any atom is -0.490 e. The smallest absolute Gasteiger partial charge is 0.250 e. The molecule has 0 unspecified atom stereocenters. The Labute approximate surface area is 206 Å². The van der Waals surface area contributed by atoms with Crippen molar-refractivity contribution in [2.75, 3.05) is 26.1 Å². The van der Waals surface area contributed by atoms with E-state index in [2.05, 4.69) is 37.5 Å².